The Hall–Kier alpha value is -2.18. The predicted molar refractivity (Wildman–Crippen MR) is 112 cm³/mol. The van der Waals surface area contributed by atoms with Crippen molar-refractivity contribution in [1.82, 2.24) is 5.43 Å². The summed E-state index contributed by atoms with van der Waals surface area (Å²) in [5, 5.41) is 5.44. The van der Waals surface area contributed by atoms with Gasteiger partial charge in [-0.1, -0.05) is 52.5 Å². The molecule has 0 saturated carbocycles. The van der Waals surface area contributed by atoms with Crippen LogP contribution in [0.2, 0.25) is 20.1 Å². The molecule has 1 heterocycles. The third-order valence-corrected chi connectivity index (χ3v) is 4.83. The number of carbonyl (C=O) groups is 1. The number of ether oxygens (including phenoxy) is 1. The Morgan fingerprint density at radius 3 is 2.68 bits per heavy atom. The molecule has 2 aromatic carbocycles. The highest BCUT2D eigenvalue weighted by molar-refractivity contribution is 6.43. The van der Waals surface area contributed by atoms with Gasteiger partial charge in [-0.05, 0) is 42.5 Å². The van der Waals surface area contributed by atoms with E-state index in [1.807, 2.05) is 0 Å². The van der Waals surface area contributed by atoms with Crippen LogP contribution in [0.4, 0.5) is 0 Å². The molecule has 5 nitrogen and oxygen atoms in total. The zero-order chi connectivity index (χ0) is 20.1. The average Bonchev–Trinajstić information content (AvgIpc) is 3.12. The van der Waals surface area contributed by atoms with E-state index >= 15 is 0 Å². The SMILES string of the molecule is O=C(COc1ccc(Cl)cc1Cl)NN=Cc1ccc(-c2cccc(Cl)c2Cl)o1. The van der Waals surface area contributed by atoms with Crippen molar-refractivity contribution in [3.8, 4) is 17.1 Å². The van der Waals surface area contributed by atoms with Crippen LogP contribution in [0.15, 0.2) is 58.0 Å². The lowest BCUT2D eigenvalue weighted by atomic mass is 10.2. The number of amides is 1. The molecule has 0 atom stereocenters. The molecule has 9 heteroatoms. The van der Waals surface area contributed by atoms with E-state index < -0.39 is 5.91 Å². The molecule has 1 N–H and O–H groups in total. The largest absolute Gasteiger partial charge is 0.482 e. The van der Waals surface area contributed by atoms with Gasteiger partial charge in [-0.2, -0.15) is 5.10 Å². The van der Waals surface area contributed by atoms with Crippen molar-refractivity contribution in [1.29, 1.82) is 0 Å². The Labute approximate surface area is 180 Å². The molecule has 0 unspecified atom stereocenters. The zero-order valence-corrected chi connectivity index (χ0v) is 17.1. The van der Waals surface area contributed by atoms with Crippen molar-refractivity contribution in [2.45, 2.75) is 0 Å². The third-order valence-electron chi connectivity index (χ3n) is 3.48. The summed E-state index contributed by atoms with van der Waals surface area (Å²) in [4.78, 5) is 11.8. The second-order valence-corrected chi connectivity index (χ2v) is 7.09. The Kier molecular flexibility index (Phi) is 6.86. The number of carbonyl (C=O) groups excluding carboxylic acids is 1. The normalized spacial score (nSPS) is 11.0. The summed E-state index contributed by atoms with van der Waals surface area (Å²) in [6.07, 6.45) is 1.36. The van der Waals surface area contributed by atoms with Gasteiger partial charge < -0.3 is 9.15 Å². The van der Waals surface area contributed by atoms with Crippen molar-refractivity contribution in [3.63, 3.8) is 0 Å². The quantitative estimate of drug-likeness (QED) is 0.359. The van der Waals surface area contributed by atoms with Crippen molar-refractivity contribution >= 4 is 58.5 Å². The summed E-state index contributed by atoms with van der Waals surface area (Å²) in [5.41, 5.74) is 2.99. The Balaban J connectivity index is 1.55. The summed E-state index contributed by atoms with van der Waals surface area (Å²) in [5.74, 6) is 0.834. The van der Waals surface area contributed by atoms with Gasteiger partial charge in [0.2, 0.25) is 0 Å². The number of benzene rings is 2. The van der Waals surface area contributed by atoms with Crippen LogP contribution in [0.3, 0.4) is 0 Å². The van der Waals surface area contributed by atoms with Crippen molar-refractivity contribution in [3.05, 3.63) is 74.4 Å². The van der Waals surface area contributed by atoms with Crippen LogP contribution in [0.5, 0.6) is 5.75 Å². The van der Waals surface area contributed by atoms with Gasteiger partial charge in [0.15, 0.2) is 6.61 Å². The summed E-state index contributed by atoms with van der Waals surface area (Å²) >= 11 is 24.0. The van der Waals surface area contributed by atoms with E-state index in [9.17, 15) is 4.79 Å². The number of hydrogen-bond acceptors (Lipinski definition) is 4. The van der Waals surface area contributed by atoms with Gasteiger partial charge in [-0.25, -0.2) is 5.43 Å². The van der Waals surface area contributed by atoms with Crippen LogP contribution < -0.4 is 10.2 Å². The smallest absolute Gasteiger partial charge is 0.277 e. The first-order chi connectivity index (χ1) is 13.4. The number of hydrogen-bond donors (Lipinski definition) is 1. The topological polar surface area (TPSA) is 63.8 Å². The predicted octanol–water partition coefficient (Wildman–Crippen LogP) is 6.09. The van der Waals surface area contributed by atoms with E-state index in [-0.39, 0.29) is 6.61 Å². The summed E-state index contributed by atoms with van der Waals surface area (Å²) in [7, 11) is 0. The van der Waals surface area contributed by atoms with E-state index in [0.717, 1.165) is 0 Å². The number of nitrogens with one attached hydrogen (secondary N) is 1. The number of nitrogens with zero attached hydrogens (tertiary/aromatic N) is 1. The van der Waals surface area contributed by atoms with Crippen LogP contribution >= 0.6 is 46.4 Å². The third kappa shape index (κ3) is 5.20. The fourth-order valence-corrected chi connectivity index (χ4v) is 3.05. The highest BCUT2D eigenvalue weighted by Gasteiger charge is 2.10. The minimum atomic E-state index is -0.466. The molecule has 0 aliphatic carbocycles. The van der Waals surface area contributed by atoms with Gasteiger partial charge in [0.25, 0.3) is 5.91 Å². The molecular formula is C19H12Cl4N2O3. The molecule has 28 heavy (non-hydrogen) atoms. The number of rotatable bonds is 6. The van der Waals surface area contributed by atoms with Crippen molar-refractivity contribution < 1.29 is 13.9 Å². The minimum absolute atomic E-state index is 0.264. The van der Waals surface area contributed by atoms with E-state index in [2.05, 4.69) is 10.5 Å². The zero-order valence-electron chi connectivity index (χ0n) is 14.1. The summed E-state index contributed by atoms with van der Waals surface area (Å²) < 4.78 is 11.0. The van der Waals surface area contributed by atoms with Crippen molar-refractivity contribution in [2.24, 2.45) is 5.10 Å². The second kappa shape index (κ2) is 9.34. The summed E-state index contributed by atoms with van der Waals surface area (Å²) in [6.45, 7) is -0.264. The van der Waals surface area contributed by atoms with Crippen LogP contribution in [-0.2, 0) is 4.79 Å². The van der Waals surface area contributed by atoms with Gasteiger partial charge in [0, 0.05) is 10.6 Å². The lowest BCUT2D eigenvalue weighted by Crippen LogP contribution is -2.24. The monoisotopic (exact) mass is 456 g/mol. The molecule has 0 fully saturated rings. The van der Waals surface area contributed by atoms with Crippen LogP contribution in [-0.4, -0.2) is 18.7 Å². The molecule has 3 aromatic rings. The van der Waals surface area contributed by atoms with Gasteiger partial charge >= 0.3 is 0 Å². The maximum Gasteiger partial charge on any atom is 0.277 e. The molecule has 0 spiro atoms. The molecule has 1 amide bonds. The molecule has 0 radical (unpaired) electrons. The first-order valence-corrected chi connectivity index (χ1v) is 9.39. The number of halogens is 4. The fourth-order valence-electron chi connectivity index (χ4n) is 2.20. The van der Waals surface area contributed by atoms with E-state index in [0.29, 0.717) is 42.9 Å². The van der Waals surface area contributed by atoms with Crippen LogP contribution in [0, 0.1) is 0 Å². The van der Waals surface area contributed by atoms with E-state index in [1.54, 1.807) is 42.5 Å². The first-order valence-electron chi connectivity index (χ1n) is 7.88. The highest BCUT2D eigenvalue weighted by atomic mass is 35.5. The lowest BCUT2D eigenvalue weighted by molar-refractivity contribution is -0.123. The van der Waals surface area contributed by atoms with Gasteiger partial charge in [-0.3, -0.25) is 4.79 Å². The van der Waals surface area contributed by atoms with Crippen LogP contribution in [0.1, 0.15) is 5.76 Å². The van der Waals surface area contributed by atoms with E-state index in [4.69, 9.17) is 55.6 Å². The fraction of sp³-hybridized carbons (Fsp3) is 0.0526. The standard InChI is InChI=1S/C19H12Cl4N2O3/c20-11-4-6-17(15(22)8-11)27-10-18(26)25-24-9-12-5-7-16(28-12)13-2-1-3-14(21)19(13)23/h1-9H,10H2,(H,25,26). The van der Waals surface area contributed by atoms with Gasteiger partial charge in [-0.15, -0.1) is 0 Å². The highest BCUT2D eigenvalue weighted by Crippen LogP contribution is 2.34. The molecule has 144 valence electrons. The molecule has 0 bridgehead atoms. The molecule has 0 saturated heterocycles. The molecule has 3 rings (SSSR count). The minimum Gasteiger partial charge on any atom is -0.482 e. The number of hydrazone groups is 1. The molecule has 1 aromatic heterocycles. The molecular weight excluding hydrogens is 446 g/mol. The molecule has 0 aliphatic heterocycles. The van der Waals surface area contributed by atoms with Gasteiger partial charge in [0.05, 0.1) is 21.3 Å². The first kappa shape index (κ1) is 20.6. The van der Waals surface area contributed by atoms with E-state index in [1.165, 1.54) is 12.3 Å². The maximum atomic E-state index is 11.8. The Morgan fingerprint density at radius 1 is 1.07 bits per heavy atom. The second-order valence-electron chi connectivity index (χ2n) is 5.46. The molecule has 0 aliphatic rings. The average molecular weight is 458 g/mol. The van der Waals surface area contributed by atoms with Crippen LogP contribution in [0.25, 0.3) is 11.3 Å². The Morgan fingerprint density at radius 2 is 1.89 bits per heavy atom. The lowest BCUT2D eigenvalue weighted by Gasteiger charge is -2.06. The summed E-state index contributed by atoms with van der Waals surface area (Å²) in [6, 6.07) is 13.4. The maximum absolute atomic E-state index is 11.8. The van der Waals surface area contributed by atoms with Gasteiger partial charge in [0.1, 0.15) is 17.3 Å². The number of furan rings is 1. The van der Waals surface area contributed by atoms with Crippen molar-refractivity contribution in [2.75, 3.05) is 6.61 Å². The Bertz CT molecular complexity index is 1030.